The maximum Gasteiger partial charge on any atom is 0.315 e. The van der Waals surface area contributed by atoms with E-state index < -0.39 is 17.5 Å². The number of nitrogens with one attached hydrogen (secondary N) is 2. The van der Waals surface area contributed by atoms with Crippen molar-refractivity contribution in [1.82, 2.24) is 10.6 Å². The van der Waals surface area contributed by atoms with Gasteiger partial charge in [0.25, 0.3) is 0 Å². The number of carboxylic acid groups (broad SMARTS) is 1. The summed E-state index contributed by atoms with van der Waals surface area (Å²) in [5.41, 5.74) is 0.135. The SMILES string of the molecule is C=C(C)COCCNC(=O)NC(C)(C)CC(=O)O. The van der Waals surface area contributed by atoms with Crippen LogP contribution in [0.4, 0.5) is 4.79 Å². The van der Waals surface area contributed by atoms with E-state index in [4.69, 9.17) is 9.84 Å². The van der Waals surface area contributed by atoms with Crippen LogP contribution in [-0.2, 0) is 9.53 Å². The number of rotatable bonds is 8. The van der Waals surface area contributed by atoms with Gasteiger partial charge in [-0.2, -0.15) is 0 Å². The molecule has 0 fully saturated rings. The van der Waals surface area contributed by atoms with Crippen LogP contribution in [0, 0.1) is 0 Å². The van der Waals surface area contributed by atoms with E-state index in [1.54, 1.807) is 13.8 Å². The van der Waals surface area contributed by atoms with Crippen molar-refractivity contribution in [3.63, 3.8) is 0 Å². The van der Waals surface area contributed by atoms with Crippen molar-refractivity contribution in [3.8, 4) is 0 Å². The van der Waals surface area contributed by atoms with Crippen LogP contribution in [0.3, 0.4) is 0 Å². The van der Waals surface area contributed by atoms with Gasteiger partial charge in [-0.3, -0.25) is 4.79 Å². The molecule has 0 spiro atoms. The molecule has 0 bridgehead atoms. The van der Waals surface area contributed by atoms with Gasteiger partial charge >= 0.3 is 12.0 Å². The molecule has 0 rings (SSSR count). The Balaban J connectivity index is 3.77. The average molecular weight is 258 g/mol. The third-order valence-corrected chi connectivity index (χ3v) is 1.93. The van der Waals surface area contributed by atoms with E-state index in [2.05, 4.69) is 17.2 Å². The Kier molecular flexibility index (Phi) is 7.04. The zero-order chi connectivity index (χ0) is 14.2. The van der Waals surface area contributed by atoms with Crippen LogP contribution in [0.2, 0.25) is 0 Å². The summed E-state index contributed by atoms with van der Waals surface area (Å²) in [5, 5.41) is 13.8. The highest BCUT2D eigenvalue weighted by Crippen LogP contribution is 2.07. The van der Waals surface area contributed by atoms with Gasteiger partial charge in [-0.25, -0.2) is 4.79 Å². The maximum absolute atomic E-state index is 11.4. The minimum atomic E-state index is -0.954. The van der Waals surface area contributed by atoms with Crippen molar-refractivity contribution >= 4 is 12.0 Å². The summed E-state index contributed by atoms with van der Waals surface area (Å²) in [6.45, 7) is 10.1. The van der Waals surface area contributed by atoms with Gasteiger partial charge < -0.3 is 20.5 Å². The fourth-order valence-electron chi connectivity index (χ4n) is 1.26. The van der Waals surface area contributed by atoms with E-state index in [1.807, 2.05) is 6.92 Å². The average Bonchev–Trinajstić information content (AvgIpc) is 2.13. The van der Waals surface area contributed by atoms with E-state index >= 15 is 0 Å². The molecule has 0 aromatic heterocycles. The molecule has 18 heavy (non-hydrogen) atoms. The highest BCUT2D eigenvalue weighted by molar-refractivity contribution is 5.76. The summed E-state index contributed by atoms with van der Waals surface area (Å²) >= 11 is 0. The zero-order valence-corrected chi connectivity index (χ0v) is 11.2. The highest BCUT2D eigenvalue weighted by atomic mass is 16.5. The lowest BCUT2D eigenvalue weighted by atomic mass is 10.0. The van der Waals surface area contributed by atoms with Crippen molar-refractivity contribution in [2.24, 2.45) is 0 Å². The minimum absolute atomic E-state index is 0.132. The topological polar surface area (TPSA) is 87.7 Å². The van der Waals surface area contributed by atoms with Crippen LogP contribution in [-0.4, -0.2) is 42.4 Å². The molecule has 0 heterocycles. The number of carbonyl (C=O) groups excluding carboxylic acids is 1. The molecule has 0 aromatic carbocycles. The Labute approximate surface area is 107 Å². The maximum atomic E-state index is 11.4. The molecular weight excluding hydrogens is 236 g/mol. The molecule has 0 saturated heterocycles. The van der Waals surface area contributed by atoms with Gasteiger partial charge in [-0.1, -0.05) is 12.2 Å². The monoisotopic (exact) mass is 258 g/mol. The molecule has 0 unspecified atom stereocenters. The fourth-order valence-corrected chi connectivity index (χ4v) is 1.26. The number of hydrogen-bond acceptors (Lipinski definition) is 3. The Morgan fingerprint density at radius 3 is 2.50 bits per heavy atom. The van der Waals surface area contributed by atoms with Crippen LogP contribution >= 0.6 is 0 Å². The molecular formula is C12H22N2O4. The molecule has 0 atom stereocenters. The number of hydrogen-bond donors (Lipinski definition) is 3. The highest BCUT2D eigenvalue weighted by Gasteiger charge is 2.23. The van der Waals surface area contributed by atoms with Crippen molar-refractivity contribution in [3.05, 3.63) is 12.2 Å². The van der Waals surface area contributed by atoms with Crippen molar-refractivity contribution in [1.29, 1.82) is 0 Å². The first-order valence-corrected chi connectivity index (χ1v) is 5.73. The molecule has 2 amide bonds. The third-order valence-electron chi connectivity index (χ3n) is 1.93. The number of aliphatic carboxylic acids is 1. The van der Waals surface area contributed by atoms with Crippen LogP contribution < -0.4 is 10.6 Å². The van der Waals surface area contributed by atoms with Crippen LogP contribution in [0.15, 0.2) is 12.2 Å². The van der Waals surface area contributed by atoms with Crippen LogP contribution in [0.5, 0.6) is 0 Å². The summed E-state index contributed by atoms with van der Waals surface area (Å²) in [5.74, 6) is -0.954. The molecule has 3 N–H and O–H groups in total. The Morgan fingerprint density at radius 1 is 1.39 bits per heavy atom. The molecule has 6 nitrogen and oxygen atoms in total. The van der Waals surface area contributed by atoms with Gasteiger partial charge in [0.1, 0.15) is 0 Å². The second-order valence-corrected chi connectivity index (χ2v) is 4.84. The minimum Gasteiger partial charge on any atom is -0.481 e. The Morgan fingerprint density at radius 2 is 2.00 bits per heavy atom. The van der Waals surface area contributed by atoms with Crippen molar-refractivity contribution < 1.29 is 19.4 Å². The number of carbonyl (C=O) groups is 2. The second-order valence-electron chi connectivity index (χ2n) is 4.84. The van der Waals surface area contributed by atoms with Crippen LogP contribution in [0.1, 0.15) is 27.2 Å². The van der Waals surface area contributed by atoms with Gasteiger partial charge in [-0.05, 0) is 20.8 Å². The lowest BCUT2D eigenvalue weighted by Crippen LogP contribution is -2.49. The first-order chi connectivity index (χ1) is 8.23. The summed E-state index contributed by atoms with van der Waals surface area (Å²) in [6.07, 6.45) is -0.132. The standard InChI is InChI=1S/C12H22N2O4/c1-9(2)8-18-6-5-13-11(17)14-12(3,4)7-10(15)16/h1,5-8H2,2-4H3,(H,15,16)(H2,13,14,17). The molecule has 0 aromatic rings. The van der Waals surface area contributed by atoms with Gasteiger partial charge in [0.2, 0.25) is 0 Å². The largest absolute Gasteiger partial charge is 0.481 e. The number of amides is 2. The van der Waals surface area contributed by atoms with E-state index in [9.17, 15) is 9.59 Å². The number of urea groups is 1. The van der Waals surface area contributed by atoms with Crippen molar-refractivity contribution in [2.75, 3.05) is 19.8 Å². The van der Waals surface area contributed by atoms with Crippen molar-refractivity contribution in [2.45, 2.75) is 32.7 Å². The predicted octanol–water partition coefficient (Wildman–Crippen LogP) is 1.13. The molecule has 0 saturated carbocycles. The predicted molar refractivity (Wildman–Crippen MR) is 68.5 cm³/mol. The molecule has 104 valence electrons. The molecule has 0 aliphatic heterocycles. The molecule has 0 aliphatic carbocycles. The van der Waals surface area contributed by atoms with Gasteiger partial charge in [-0.15, -0.1) is 0 Å². The quantitative estimate of drug-likeness (QED) is 0.450. The molecule has 0 aliphatic rings. The van der Waals surface area contributed by atoms with Gasteiger partial charge in [0.05, 0.1) is 19.6 Å². The third kappa shape index (κ3) is 9.65. The second kappa shape index (κ2) is 7.71. The van der Waals surface area contributed by atoms with Gasteiger partial charge in [0, 0.05) is 12.1 Å². The lowest BCUT2D eigenvalue weighted by molar-refractivity contribution is -0.138. The summed E-state index contributed by atoms with van der Waals surface area (Å²) in [7, 11) is 0. The zero-order valence-electron chi connectivity index (χ0n) is 11.2. The Hall–Kier alpha value is -1.56. The lowest BCUT2D eigenvalue weighted by Gasteiger charge is -2.24. The molecule has 6 heteroatoms. The summed E-state index contributed by atoms with van der Waals surface area (Å²) in [4.78, 5) is 22.0. The van der Waals surface area contributed by atoms with E-state index in [0.29, 0.717) is 19.8 Å². The number of carboxylic acids is 1. The fraction of sp³-hybridized carbons (Fsp3) is 0.667. The number of ether oxygens (including phenoxy) is 1. The first kappa shape index (κ1) is 16.4. The normalized spacial score (nSPS) is 10.8. The van der Waals surface area contributed by atoms with Gasteiger partial charge in [0.15, 0.2) is 0 Å². The summed E-state index contributed by atoms with van der Waals surface area (Å²) < 4.78 is 5.20. The van der Waals surface area contributed by atoms with E-state index in [1.165, 1.54) is 0 Å². The smallest absolute Gasteiger partial charge is 0.315 e. The molecule has 0 radical (unpaired) electrons. The Bertz CT molecular complexity index is 313. The van der Waals surface area contributed by atoms with Crippen LogP contribution in [0.25, 0.3) is 0 Å². The summed E-state index contributed by atoms with van der Waals surface area (Å²) in [6, 6.07) is -0.403. The first-order valence-electron chi connectivity index (χ1n) is 5.73. The van der Waals surface area contributed by atoms with E-state index in [0.717, 1.165) is 5.57 Å². The van der Waals surface area contributed by atoms with E-state index in [-0.39, 0.29) is 6.42 Å².